The summed E-state index contributed by atoms with van der Waals surface area (Å²) in [5.74, 6) is 0. The average Bonchev–Trinajstić information content (AvgIpc) is 2.69. The molecule has 4 heteroatoms. The molecule has 16 heavy (non-hydrogen) atoms. The average molecular weight is 317 g/mol. The first-order valence-electron chi connectivity index (χ1n) is 4.88. The zero-order valence-electron chi connectivity index (χ0n) is 8.71. The SMILES string of the molecule is CNC(c1ccc(Cl)cc1)c1ccc(Br)s1. The minimum atomic E-state index is 0.230. The van der Waals surface area contributed by atoms with Crippen LogP contribution in [0.15, 0.2) is 40.2 Å². The lowest BCUT2D eigenvalue weighted by atomic mass is 10.1. The predicted octanol–water partition coefficient (Wildman–Crippen LogP) is 4.47. The van der Waals surface area contributed by atoms with Gasteiger partial charge in [-0.1, -0.05) is 23.7 Å². The van der Waals surface area contributed by atoms with Crippen LogP contribution in [0.4, 0.5) is 0 Å². The van der Waals surface area contributed by atoms with Crippen LogP contribution in [0.25, 0.3) is 0 Å². The minimum absolute atomic E-state index is 0.230. The van der Waals surface area contributed by atoms with Gasteiger partial charge >= 0.3 is 0 Å². The van der Waals surface area contributed by atoms with Crippen molar-refractivity contribution in [2.24, 2.45) is 0 Å². The van der Waals surface area contributed by atoms with Crippen LogP contribution < -0.4 is 5.32 Å². The summed E-state index contributed by atoms with van der Waals surface area (Å²) in [6, 6.07) is 12.4. The first kappa shape index (κ1) is 12.1. The molecule has 1 nitrogen and oxygen atoms in total. The summed E-state index contributed by atoms with van der Waals surface area (Å²) in [4.78, 5) is 1.29. The molecule has 0 bridgehead atoms. The molecule has 0 aliphatic carbocycles. The molecule has 1 atom stereocenters. The normalized spacial score (nSPS) is 12.7. The van der Waals surface area contributed by atoms with Crippen molar-refractivity contribution in [3.05, 3.63) is 55.6 Å². The molecule has 0 radical (unpaired) electrons. The molecule has 84 valence electrons. The summed E-state index contributed by atoms with van der Waals surface area (Å²) in [6.45, 7) is 0. The Morgan fingerprint density at radius 1 is 1.19 bits per heavy atom. The summed E-state index contributed by atoms with van der Waals surface area (Å²) < 4.78 is 1.15. The first-order chi connectivity index (χ1) is 7.70. The topological polar surface area (TPSA) is 12.0 Å². The Hall–Kier alpha value is -0.350. The van der Waals surface area contributed by atoms with Gasteiger partial charge in [-0.2, -0.15) is 0 Å². The van der Waals surface area contributed by atoms with Gasteiger partial charge in [0.1, 0.15) is 0 Å². The maximum absolute atomic E-state index is 5.88. The Morgan fingerprint density at radius 2 is 1.88 bits per heavy atom. The molecule has 0 aliphatic rings. The number of rotatable bonds is 3. The van der Waals surface area contributed by atoms with E-state index < -0.39 is 0 Å². The molecular weight excluding hydrogens is 306 g/mol. The van der Waals surface area contributed by atoms with Gasteiger partial charge in [0.05, 0.1) is 9.83 Å². The standard InChI is InChI=1S/C12H11BrClNS/c1-15-12(10-6-7-11(13)16-10)8-2-4-9(14)5-3-8/h2-7,12,15H,1H3. The largest absolute Gasteiger partial charge is 0.309 e. The van der Waals surface area contributed by atoms with Crippen molar-refractivity contribution in [2.75, 3.05) is 7.05 Å². The Balaban J connectivity index is 2.32. The summed E-state index contributed by atoms with van der Waals surface area (Å²) >= 11 is 11.1. The van der Waals surface area contributed by atoms with Crippen molar-refractivity contribution in [1.29, 1.82) is 0 Å². The number of halogens is 2. The van der Waals surface area contributed by atoms with E-state index in [9.17, 15) is 0 Å². The second-order valence-electron chi connectivity index (χ2n) is 3.42. The van der Waals surface area contributed by atoms with Gasteiger partial charge in [-0.3, -0.25) is 0 Å². The van der Waals surface area contributed by atoms with Crippen molar-refractivity contribution >= 4 is 38.9 Å². The fourth-order valence-electron chi connectivity index (χ4n) is 1.61. The van der Waals surface area contributed by atoms with Crippen LogP contribution in [0, 0.1) is 0 Å². The maximum atomic E-state index is 5.88. The first-order valence-corrected chi connectivity index (χ1v) is 6.87. The molecule has 1 N–H and O–H groups in total. The molecule has 0 amide bonds. The Bertz CT molecular complexity index is 466. The van der Waals surface area contributed by atoms with Gasteiger partial charge in [-0.05, 0) is 52.8 Å². The fourth-order valence-corrected chi connectivity index (χ4v) is 3.30. The van der Waals surface area contributed by atoms with Crippen LogP contribution in [0.5, 0.6) is 0 Å². The molecule has 2 aromatic rings. The highest BCUT2D eigenvalue weighted by Crippen LogP contribution is 2.31. The van der Waals surface area contributed by atoms with E-state index in [1.807, 2.05) is 19.2 Å². The smallest absolute Gasteiger partial charge is 0.0702 e. The molecule has 0 fully saturated rings. The molecular formula is C12H11BrClNS. The van der Waals surface area contributed by atoms with Crippen molar-refractivity contribution < 1.29 is 0 Å². The highest BCUT2D eigenvalue weighted by atomic mass is 79.9. The lowest BCUT2D eigenvalue weighted by Crippen LogP contribution is -2.16. The third-order valence-electron chi connectivity index (χ3n) is 2.37. The van der Waals surface area contributed by atoms with Crippen LogP contribution in [0.3, 0.4) is 0 Å². The van der Waals surface area contributed by atoms with Gasteiger partial charge in [-0.25, -0.2) is 0 Å². The van der Waals surface area contributed by atoms with Crippen LogP contribution in [-0.4, -0.2) is 7.05 Å². The highest BCUT2D eigenvalue weighted by molar-refractivity contribution is 9.11. The summed E-state index contributed by atoms with van der Waals surface area (Å²) in [6.07, 6.45) is 0. The molecule has 1 heterocycles. The maximum Gasteiger partial charge on any atom is 0.0702 e. The molecule has 0 spiro atoms. The Labute approximate surface area is 113 Å². The summed E-state index contributed by atoms with van der Waals surface area (Å²) in [5, 5.41) is 4.08. The third kappa shape index (κ3) is 2.66. The highest BCUT2D eigenvalue weighted by Gasteiger charge is 2.13. The van der Waals surface area contributed by atoms with Crippen molar-refractivity contribution in [1.82, 2.24) is 5.32 Å². The van der Waals surface area contributed by atoms with Gasteiger partial charge < -0.3 is 5.32 Å². The number of hydrogen-bond donors (Lipinski definition) is 1. The predicted molar refractivity (Wildman–Crippen MR) is 74.4 cm³/mol. The van der Waals surface area contributed by atoms with Crippen molar-refractivity contribution in [3.8, 4) is 0 Å². The lowest BCUT2D eigenvalue weighted by molar-refractivity contribution is 0.704. The Kier molecular flexibility index (Phi) is 4.03. The quantitative estimate of drug-likeness (QED) is 0.881. The van der Waals surface area contributed by atoms with Gasteiger partial charge in [0.2, 0.25) is 0 Å². The van der Waals surface area contributed by atoms with Crippen LogP contribution in [0.1, 0.15) is 16.5 Å². The molecule has 0 saturated carbocycles. The summed E-state index contributed by atoms with van der Waals surface area (Å²) in [5.41, 5.74) is 1.22. The molecule has 0 aliphatic heterocycles. The molecule has 1 aromatic heterocycles. The third-order valence-corrected chi connectivity index (χ3v) is 4.31. The van der Waals surface area contributed by atoms with Gasteiger partial charge in [-0.15, -0.1) is 11.3 Å². The number of hydrogen-bond acceptors (Lipinski definition) is 2. The van der Waals surface area contributed by atoms with E-state index in [2.05, 4.69) is 45.5 Å². The van der Waals surface area contributed by atoms with E-state index in [1.165, 1.54) is 10.4 Å². The van der Waals surface area contributed by atoms with Crippen molar-refractivity contribution in [2.45, 2.75) is 6.04 Å². The van der Waals surface area contributed by atoms with Gasteiger partial charge in [0.25, 0.3) is 0 Å². The van der Waals surface area contributed by atoms with Gasteiger partial charge in [0, 0.05) is 9.90 Å². The van der Waals surface area contributed by atoms with Crippen LogP contribution in [0.2, 0.25) is 5.02 Å². The van der Waals surface area contributed by atoms with E-state index in [-0.39, 0.29) is 6.04 Å². The fraction of sp³-hybridized carbons (Fsp3) is 0.167. The molecule has 1 unspecified atom stereocenters. The van der Waals surface area contributed by atoms with E-state index in [0.717, 1.165) is 8.81 Å². The van der Waals surface area contributed by atoms with E-state index >= 15 is 0 Å². The summed E-state index contributed by atoms with van der Waals surface area (Å²) in [7, 11) is 1.97. The minimum Gasteiger partial charge on any atom is -0.309 e. The van der Waals surface area contributed by atoms with Gasteiger partial charge in [0.15, 0.2) is 0 Å². The van der Waals surface area contributed by atoms with Crippen LogP contribution in [-0.2, 0) is 0 Å². The second kappa shape index (κ2) is 5.32. The van der Waals surface area contributed by atoms with Crippen molar-refractivity contribution in [3.63, 3.8) is 0 Å². The zero-order valence-corrected chi connectivity index (χ0v) is 11.9. The zero-order chi connectivity index (χ0) is 11.5. The molecule has 2 rings (SSSR count). The number of benzene rings is 1. The lowest BCUT2D eigenvalue weighted by Gasteiger charge is -2.14. The second-order valence-corrected chi connectivity index (χ2v) is 6.35. The molecule has 0 saturated heterocycles. The van der Waals surface area contributed by atoms with E-state index in [1.54, 1.807) is 11.3 Å². The number of nitrogens with one attached hydrogen (secondary N) is 1. The van der Waals surface area contributed by atoms with E-state index in [0.29, 0.717) is 0 Å². The monoisotopic (exact) mass is 315 g/mol. The number of thiophene rings is 1. The Morgan fingerprint density at radius 3 is 2.38 bits per heavy atom. The van der Waals surface area contributed by atoms with Crippen LogP contribution >= 0.6 is 38.9 Å². The molecule has 1 aromatic carbocycles. The van der Waals surface area contributed by atoms with E-state index in [4.69, 9.17) is 11.6 Å².